The summed E-state index contributed by atoms with van der Waals surface area (Å²) in [6.07, 6.45) is 0. The number of halogens is 1. The van der Waals surface area contributed by atoms with Crippen LogP contribution in [0.15, 0.2) is 6.07 Å². The van der Waals surface area contributed by atoms with Gasteiger partial charge in [-0.15, -0.1) is 0 Å². The van der Waals surface area contributed by atoms with Gasteiger partial charge in [0, 0.05) is 5.69 Å². The summed E-state index contributed by atoms with van der Waals surface area (Å²) in [6, 6.07) is 1.75. The van der Waals surface area contributed by atoms with E-state index < -0.39 is 13.1 Å². The van der Waals surface area contributed by atoms with E-state index in [9.17, 15) is 8.96 Å². The van der Waals surface area contributed by atoms with Crippen molar-refractivity contribution in [2.45, 2.75) is 13.8 Å². The third kappa shape index (κ3) is 2.16. The smallest absolute Gasteiger partial charge is 0.224 e. The van der Waals surface area contributed by atoms with Crippen molar-refractivity contribution in [2.75, 3.05) is 13.3 Å². The monoisotopic (exact) mass is 201 g/mol. The van der Waals surface area contributed by atoms with Crippen LogP contribution in [0.1, 0.15) is 11.3 Å². The molecular formula is C9H13FNOP. The van der Waals surface area contributed by atoms with Gasteiger partial charge in [-0.05, 0) is 38.8 Å². The van der Waals surface area contributed by atoms with E-state index in [0.29, 0.717) is 5.69 Å². The van der Waals surface area contributed by atoms with Gasteiger partial charge in [-0.3, -0.25) is 0 Å². The van der Waals surface area contributed by atoms with Crippen LogP contribution in [0.3, 0.4) is 0 Å². The van der Waals surface area contributed by atoms with Gasteiger partial charge < -0.3 is 4.57 Å². The number of nitrogens with zero attached hydrogens (tertiary/aromatic N) is 1. The van der Waals surface area contributed by atoms with E-state index in [1.54, 1.807) is 33.2 Å². The van der Waals surface area contributed by atoms with Crippen LogP contribution in [-0.4, -0.2) is 18.3 Å². The molecule has 0 aromatic carbocycles. The summed E-state index contributed by atoms with van der Waals surface area (Å²) in [5, 5.41) is 0.276. The highest BCUT2D eigenvalue weighted by molar-refractivity contribution is 7.70. The van der Waals surface area contributed by atoms with Gasteiger partial charge in [0.15, 0.2) is 0 Å². The SMILES string of the molecule is Cc1cc(C)c(P(C)(C)=O)c(F)n1. The molecule has 0 radical (unpaired) electrons. The molecular weight excluding hydrogens is 188 g/mol. The molecule has 0 atom stereocenters. The van der Waals surface area contributed by atoms with Gasteiger partial charge in [-0.25, -0.2) is 4.98 Å². The highest BCUT2D eigenvalue weighted by Crippen LogP contribution is 2.36. The minimum Gasteiger partial charge on any atom is -0.319 e. The number of rotatable bonds is 1. The lowest BCUT2D eigenvalue weighted by Crippen LogP contribution is -2.15. The van der Waals surface area contributed by atoms with Crippen molar-refractivity contribution in [1.82, 2.24) is 4.98 Å². The maximum atomic E-state index is 13.3. The first kappa shape index (κ1) is 10.4. The van der Waals surface area contributed by atoms with Crippen LogP contribution >= 0.6 is 7.14 Å². The average molecular weight is 201 g/mol. The molecule has 0 saturated carbocycles. The fraction of sp³-hybridized carbons (Fsp3) is 0.444. The Kier molecular flexibility index (Phi) is 2.58. The molecule has 0 unspecified atom stereocenters. The number of aromatic nitrogens is 1. The Balaban J connectivity index is 3.47. The van der Waals surface area contributed by atoms with Gasteiger partial charge in [0.25, 0.3) is 0 Å². The minimum absolute atomic E-state index is 0.276. The molecule has 0 aliphatic rings. The molecule has 0 saturated heterocycles. The number of aryl methyl sites for hydroxylation is 2. The topological polar surface area (TPSA) is 30.0 Å². The van der Waals surface area contributed by atoms with Crippen molar-refractivity contribution in [1.29, 1.82) is 0 Å². The highest BCUT2D eigenvalue weighted by atomic mass is 31.2. The molecule has 0 bridgehead atoms. The fourth-order valence-electron chi connectivity index (χ4n) is 1.43. The van der Waals surface area contributed by atoms with Crippen molar-refractivity contribution in [3.8, 4) is 0 Å². The van der Waals surface area contributed by atoms with E-state index in [1.807, 2.05) is 0 Å². The summed E-state index contributed by atoms with van der Waals surface area (Å²) in [5.41, 5.74) is 1.34. The molecule has 1 aromatic rings. The summed E-state index contributed by atoms with van der Waals surface area (Å²) in [7, 11) is -2.55. The van der Waals surface area contributed by atoms with Gasteiger partial charge >= 0.3 is 0 Å². The zero-order chi connectivity index (χ0) is 10.2. The largest absolute Gasteiger partial charge is 0.319 e. The average Bonchev–Trinajstić information content (AvgIpc) is 1.78. The zero-order valence-corrected chi connectivity index (χ0v) is 9.15. The van der Waals surface area contributed by atoms with Gasteiger partial charge in [0.2, 0.25) is 5.95 Å². The Morgan fingerprint density at radius 1 is 1.38 bits per heavy atom. The Morgan fingerprint density at radius 3 is 2.31 bits per heavy atom. The molecule has 0 spiro atoms. The lowest BCUT2D eigenvalue weighted by Gasteiger charge is -2.11. The van der Waals surface area contributed by atoms with Crippen molar-refractivity contribution >= 4 is 12.4 Å². The lowest BCUT2D eigenvalue weighted by molar-refractivity contribution is 0.573. The summed E-state index contributed by atoms with van der Waals surface area (Å²) >= 11 is 0. The highest BCUT2D eigenvalue weighted by Gasteiger charge is 2.20. The standard InChI is InChI=1S/C9H13FNOP/c1-6-5-7(2)11-9(10)8(6)13(3,4)12/h5H,1-4H3. The second-order valence-corrected chi connectivity index (χ2v) is 6.72. The quantitative estimate of drug-likeness (QED) is 0.514. The van der Waals surface area contributed by atoms with Crippen LogP contribution in [0.25, 0.3) is 0 Å². The van der Waals surface area contributed by atoms with Gasteiger partial charge in [-0.2, -0.15) is 4.39 Å². The third-order valence-corrected chi connectivity index (χ3v) is 3.42. The first-order valence-corrected chi connectivity index (χ1v) is 6.62. The molecule has 4 heteroatoms. The Labute approximate surface area is 77.6 Å². The molecule has 0 N–H and O–H groups in total. The molecule has 1 heterocycles. The van der Waals surface area contributed by atoms with Crippen molar-refractivity contribution in [3.63, 3.8) is 0 Å². The summed E-state index contributed by atoms with van der Waals surface area (Å²) in [6.45, 7) is 6.58. The second-order valence-electron chi connectivity index (χ2n) is 3.57. The lowest BCUT2D eigenvalue weighted by atomic mass is 10.2. The van der Waals surface area contributed by atoms with Crippen LogP contribution in [0, 0.1) is 19.8 Å². The van der Waals surface area contributed by atoms with Crippen LogP contribution in [0.5, 0.6) is 0 Å². The molecule has 0 aliphatic carbocycles. The Bertz CT molecular complexity index is 360. The van der Waals surface area contributed by atoms with E-state index in [2.05, 4.69) is 4.98 Å². The molecule has 2 nitrogen and oxygen atoms in total. The van der Waals surface area contributed by atoms with E-state index in [1.165, 1.54) is 0 Å². The maximum absolute atomic E-state index is 13.3. The zero-order valence-electron chi connectivity index (χ0n) is 8.26. The Hall–Kier alpha value is -0.690. The molecule has 72 valence electrons. The fourth-order valence-corrected chi connectivity index (χ4v) is 2.84. The molecule has 0 aliphatic heterocycles. The van der Waals surface area contributed by atoms with Crippen LogP contribution in [0.4, 0.5) is 4.39 Å². The van der Waals surface area contributed by atoms with Gasteiger partial charge in [0.05, 0.1) is 5.30 Å². The second kappa shape index (κ2) is 3.22. The molecule has 13 heavy (non-hydrogen) atoms. The maximum Gasteiger partial charge on any atom is 0.224 e. The van der Waals surface area contributed by atoms with Crippen LogP contribution in [0.2, 0.25) is 0 Å². The predicted octanol–water partition coefficient (Wildman–Crippen LogP) is 2.09. The van der Waals surface area contributed by atoms with E-state index in [0.717, 1.165) is 5.56 Å². The summed E-state index contributed by atoms with van der Waals surface area (Å²) < 4.78 is 25.0. The van der Waals surface area contributed by atoms with Crippen LogP contribution in [-0.2, 0) is 4.57 Å². The van der Waals surface area contributed by atoms with Crippen LogP contribution < -0.4 is 5.30 Å². The van der Waals surface area contributed by atoms with Crippen molar-refractivity contribution in [3.05, 3.63) is 23.3 Å². The molecule has 0 fully saturated rings. The number of hydrogen-bond acceptors (Lipinski definition) is 2. The minimum atomic E-state index is -2.55. The first-order chi connectivity index (χ1) is 5.82. The third-order valence-electron chi connectivity index (χ3n) is 1.81. The van der Waals surface area contributed by atoms with Crippen molar-refractivity contribution < 1.29 is 8.96 Å². The molecule has 1 aromatic heterocycles. The number of pyridine rings is 1. The summed E-state index contributed by atoms with van der Waals surface area (Å²) in [5.74, 6) is -0.592. The summed E-state index contributed by atoms with van der Waals surface area (Å²) in [4.78, 5) is 3.66. The van der Waals surface area contributed by atoms with E-state index in [4.69, 9.17) is 0 Å². The Morgan fingerprint density at radius 2 is 1.92 bits per heavy atom. The predicted molar refractivity (Wildman–Crippen MR) is 52.8 cm³/mol. The molecule has 1 rings (SSSR count). The van der Waals surface area contributed by atoms with E-state index >= 15 is 0 Å². The first-order valence-electron chi connectivity index (χ1n) is 4.01. The molecule has 0 amide bonds. The van der Waals surface area contributed by atoms with Gasteiger partial charge in [-0.1, -0.05) is 0 Å². The normalized spacial score (nSPS) is 11.8. The van der Waals surface area contributed by atoms with Crippen molar-refractivity contribution in [2.24, 2.45) is 0 Å². The van der Waals surface area contributed by atoms with Gasteiger partial charge in [0.1, 0.15) is 7.14 Å². The number of hydrogen-bond donors (Lipinski definition) is 0. The van der Waals surface area contributed by atoms with E-state index in [-0.39, 0.29) is 5.30 Å².